The molecule has 1 unspecified atom stereocenters. The highest BCUT2D eigenvalue weighted by atomic mass is 19.1. The number of carbonyl (C=O) groups excluding carboxylic acids is 2. The number of para-hydroxylation sites is 1. The molecule has 2 aromatic rings. The van der Waals surface area contributed by atoms with Crippen molar-refractivity contribution in [3.8, 4) is 5.75 Å². The van der Waals surface area contributed by atoms with E-state index in [9.17, 15) is 9.59 Å². The predicted molar refractivity (Wildman–Crippen MR) is 77.1 cm³/mol. The summed E-state index contributed by atoms with van der Waals surface area (Å²) >= 11 is 0. The van der Waals surface area contributed by atoms with E-state index in [1.807, 2.05) is 0 Å². The summed E-state index contributed by atoms with van der Waals surface area (Å²) in [5.74, 6) is -3.40. The second-order valence-electron chi connectivity index (χ2n) is 5.46. The van der Waals surface area contributed by atoms with Gasteiger partial charge in [0, 0.05) is 6.42 Å². The molecular formula is C17H12FNO4. The maximum atomic E-state index is 15.4. The molecule has 4 rings (SSSR count). The molecule has 2 aliphatic rings. The molecule has 1 fully saturated rings. The second-order valence-corrected chi connectivity index (χ2v) is 5.46. The zero-order chi connectivity index (χ0) is 16.0. The van der Waals surface area contributed by atoms with Gasteiger partial charge in [0.05, 0.1) is 5.56 Å². The summed E-state index contributed by atoms with van der Waals surface area (Å²) in [5, 5.41) is 0. The van der Waals surface area contributed by atoms with E-state index in [-0.39, 0.29) is 12.2 Å². The van der Waals surface area contributed by atoms with Gasteiger partial charge in [-0.05, 0) is 17.7 Å². The fourth-order valence-electron chi connectivity index (χ4n) is 2.92. The van der Waals surface area contributed by atoms with Gasteiger partial charge in [-0.3, -0.25) is 0 Å². The molecule has 2 atom stereocenters. The summed E-state index contributed by atoms with van der Waals surface area (Å²) in [4.78, 5) is 25.1. The first kappa shape index (κ1) is 13.8. The number of nitrogens with zero attached hydrogens (tertiary/aromatic N) is 1. The SMILES string of the molecule is O=C1Oc2ccccc2C2OC(=O)[C@](F)(Cc3ccccc3)N12. The lowest BCUT2D eigenvalue weighted by Crippen LogP contribution is -2.52. The quantitative estimate of drug-likeness (QED) is 0.632. The third-order valence-electron chi connectivity index (χ3n) is 4.01. The molecule has 1 amide bonds. The van der Waals surface area contributed by atoms with Gasteiger partial charge in [0.25, 0.3) is 5.79 Å². The number of alkyl halides is 1. The number of amides is 1. The molecule has 2 aromatic carbocycles. The molecule has 0 spiro atoms. The third-order valence-corrected chi connectivity index (χ3v) is 4.01. The molecule has 0 aromatic heterocycles. The van der Waals surface area contributed by atoms with Crippen molar-refractivity contribution in [3.63, 3.8) is 0 Å². The maximum Gasteiger partial charge on any atom is 0.421 e. The first-order valence-electron chi connectivity index (χ1n) is 7.13. The molecule has 2 aliphatic heterocycles. The monoisotopic (exact) mass is 313 g/mol. The zero-order valence-corrected chi connectivity index (χ0v) is 11.9. The van der Waals surface area contributed by atoms with Crippen molar-refractivity contribution in [1.82, 2.24) is 4.90 Å². The maximum absolute atomic E-state index is 15.4. The Hall–Kier alpha value is -2.89. The van der Waals surface area contributed by atoms with Gasteiger partial charge in [-0.25, -0.2) is 18.9 Å². The van der Waals surface area contributed by atoms with Crippen LogP contribution in [0.4, 0.5) is 9.18 Å². The molecule has 5 nitrogen and oxygen atoms in total. The highest BCUT2D eigenvalue weighted by Gasteiger charge is 2.62. The first-order valence-corrected chi connectivity index (χ1v) is 7.13. The number of fused-ring (bicyclic) bond motifs is 3. The summed E-state index contributed by atoms with van der Waals surface area (Å²) in [7, 11) is 0. The predicted octanol–water partition coefficient (Wildman–Crippen LogP) is 2.96. The Balaban J connectivity index is 1.76. The van der Waals surface area contributed by atoms with E-state index in [0.29, 0.717) is 11.1 Å². The number of ether oxygens (including phenoxy) is 2. The van der Waals surface area contributed by atoms with E-state index < -0.39 is 24.1 Å². The lowest BCUT2D eigenvalue weighted by Gasteiger charge is -2.33. The highest BCUT2D eigenvalue weighted by Crippen LogP contribution is 2.46. The molecule has 2 heterocycles. The number of hydrogen-bond donors (Lipinski definition) is 0. The Bertz CT molecular complexity index is 794. The zero-order valence-electron chi connectivity index (χ0n) is 11.9. The lowest BCUT2D eigenvalue weighted by atomic mass is 10.0. The van der Waals surface area contributed by atoms with Crippen LogP contribution in [-0.4, -0.2) is 22.8 Å². The van der Waals surface area contributed by atoms with Gasteiger partial charge in [0.2, 0.25) is 6.23 Å². The standard InChI is InChI=1S/C17H12FNO4/c18-17(10-11-6-2-1-3-7-11)15(20)23-14-12-8-4-5-9-13(12)22-16(21)19(14)17/h1-9,14H,10H2/t14?,17-/m0/s1. The van der Waals surface area contributed by atoms with Crippen LogP contribution in [0.15, 0.2) is 54.6 Å². The van der Waals surface area contributed by atoms with Crippen molar-refractivity contribution in [2.45, 2.75) is 18.4 Å². The first-order chi connectivity index (χ1) is 11.1. The van der Waals surface area contributed by atoms with E-state index in [1.54, 1.807) is 54.6 Å². The summed E-state index contributed by atoms with van der Waals surface area (Å²) in [6, 6.07) is 15.2. The van der Waals surface area contributed by atoms with Crippen LogP contribution in [0, 0.1) is 0 Å². The van der Waals surface area contributed by atoms with E-state index in [0.717, 1.165) is 4.90 Å². The largest absolute Gasteiger partial charge is 0.433 e. The Morgan fingerprint density at radius 2 is 1.74 bits per heavy atom. The topological polar surface area (TPSA) is 55.8 Å². The average molecular weight is 313 g/mol. The summed E-state index contributed by atoms with van der Waals surface area (Å²) in [6.45, 7) is 0. The molecule has 116 valence electrons. The normalized spacial score (nSPS) is 25.4. The fourth-order valence-corrected chi connectivity index (χ4v) is 2.92. The smallest absolute Gasteiger partial charge is 0.421 e. The van der Waals surface area contributed by atoms with Crippen LogP contribution in [0.1, 0.15) is 17.4 Å². The van der Waals surface area contributed by atoms with Crippen LogP contribution in [0.25, 0.3) is 0 Å². The van der Waals surface area contributed by atoms with Gasteiger partial charge in [-0.1, -0.05) is 42.5 Å². The van der Waals surface area contributed by atoms with Crippen LogP contribution in [0.3, 0.4) is 0 Å². The van der Waals surface area contributed by atoms with Crippen LogP contribution >= 0.6 is 0 Å². The molecule has 0 aliphatic carbocycles. The van der Waals surface area contributed by atoms with Gasteiger partial charge < -0.3 is 9.47 Å². The molecule has 0 bridgehead atoms. The number of carbonyl (C=O) groups is 2. The number of halogens is 1. The summed E-state index contributed by atoms with van der Waals surface area (Å²) in [5.41, 5.74) is 1.03. The van der Waals surface area contributed by atoms with Gasteiger partial charge >= 0.3 is 12.1 Å². The Labute approximate surface area is 131 Å². The van der Waals surface area contributed by atoms with Crippen LogP contribution in [0.2, 0.25) is 0 Å². The average Bonchev–Trinajstić information content (AvgIpc) is 2.81. The van der Waals surface area contributed by atoms with Crippen molar-refractivity contribution in [2.24, 2.45) is 0 Å². The third kappa shape index (κ3) is 1.98. The van der Waals surface area contributed by atoms with Gasteiger partial charge in [-0.2, -0.15) is 0 Å². The molecule has 0 N–H and O–H groups in total. The summed E-state index contributed by atoms with van der Waals surface area (Å²) in [6.07, 6.45) is -2.33. The second kappa shape index (κ2) is 4.81. The molecule has 0 radical (unpaired) electrons. The molecule has 1 saturated heterocycles. The minimum absolute atomic E-state index is 0.274. The molecule has 0 saturated carbocycles. The number of hydrogen-bond acceptors (Lipinski definition) is 4. The van der Waals surface area contributed by atoms with Crippen molar-refractivity contribution >= 4 is 12.1 Å². The number of esters is 1. The molecule has 6 heteroatoms. The highest BCUT2D eigenvalue weighted by molar-refractivity contribution is 5.89. The van der Waals surface area contributed by atoms with Crippen molar-refractivity contribution in [3.05, 3.63) is 65.7 Å². The van der Waals surface area contributed by atoms with E-state index in [2.05, 4.69) is 0 Å². The van der Waals surface area contributed by atoms with Crippen LogP contribution in [-0.2, 0) is 16.0 Å². The van der Waals surface area contributed by atoms with Crippen molar-refractivity contribution in [2.75, 3.05) is 0 Å². The lowest BCUT2D eigenvalue weighted by molar-refractivity contribution is -0.150. The molecule has 23 heavy (non-hydrogen) atoms. The fraction of sp³-hybridized carbons (Fsp3) is 0.176. The Kier molecular flexibility index (Phi) is 2.87. The van der Waals surface area contributed by atoms with E-state index in [4.69, 9.17) is 9.47 Å². The van der Waals surface area contributed by atoms with Gasteiger partial charge in [-0.15, -0.1) is 0 Å². The Morgan fingerprint density at radius 1 is 1.04 bits per heavy atom. The minimum Gasteiger partial charge on any atom is -0.433 e. The van der Waals surface area contributed by atoms with Crippen LogP contribution < -0.4 is 4.74 Å². The Morgan fingerprint density at radius 3 is 2.52 bits per heavy atom. The van der Waals surface area contributed by atoms with Crippen molar-refractivity contribution < 1.29 is 23.5 Å². The van der Waals surface area contributed by atoms with Gasteiger partial charge in [0.15, 0.2) is 0 Å². The van der Waals surface area contributed by atoms with E-state index in [1.165, 1.54) is 0 Å². The summed E-state index contributed by atoms with van der Waals surface area (Å²) < 4.78 is 25.7. The van der Waals surface area contributed by atoms with Crippen molar-refractivity contribution in [1.29, 1.82) is 0 Å². The number of rotatable bonds is 2. The minimum atomic E-state index is -2.59. The van der Waals surface area contributed by atoms with E-state index >= 15 is 4.39 Å². The van der Waals surface area contributed by atoms with Crippen LogP contribution in [0.5, 0.6) is 5.75 Å². The number of benzene rings is 2. The molecular weight excluding hydrogens is 301 g/mol. The van der Waals surface area contributed by atoms with Gasteiger partial charge in [0.1, 0.15) is 5.75 Å².